The molecule has 0 amide bonds. The number of rotatable bonds is 9. The van der Waals surface area contributed by atoms with E-state index in [4.69, 9.17) is 14.2 Å². The van der Waals surface area contributed by atoms with Gasteiger partial charge in [-0.3, -0.25) is 0 Å². The van der Waals surface area contributed by atoms with Crippen molar-refractivity contribution in [3.05, 3.63) is 42.5 Å². The van der Waals surface area contributed by atoms with Gasteiger partial charge < -0.3 is 29.5 Å². The van der Waals surface area contributed by atoms with Crippen LogP contribution >= 0.6 is 0 Å². The van der Waals surface area contributed by atoms with E-state index in [1.807, 2.05) is 24.3 Å². The summed E-state index contributed by atoms with van der Waals surface area (Å²) in [6.45, 7) is 6.16. The Bertz CT molecular complexity index is 517. The Kier molecular flexibility index (Phi) is 7.87. The average Bonchev–Trinajstić information content (AvgIpc) is 2.63. The maximum atomic E-state index is 9.87. The monoisotopic (exact) mass is 352 g/mol. The number of hydrogen-bond acceptors (Lipinski definition) is 6. The predicted octanol–water partition coefficient (Wildman–Crippen LogP) is 1.42. The first-order valence-corrected chi connectivity index (χ1v) is 8.67. The maximum absolute atomic E-state index is 9.87. The molecule has 0 aromatic heterocycles. The normalized spacial score (nSPS) is 29.4. The van der Waals surface area contributed by atoms with E-state index in [1.54, 1.807) is 13.0 Å². The highest BCUT2D eigenvalue weighted by Gasteiger charge is 2.42. The van der Waals surface area contributed by atoms with Crippen LogP contribution in [0.15, 0.2) is 36.9 Å². The standard InChI is InChI=1S/C19H28O6/c1-3-11-23-15-9-7-14(8-10-15)6-4-5-12-24-19-18(22)17(21)16(20)13(2)25-19/h3,7-10,13,16-22H,1,4-6,11-12H2,2H3. The maximum Gasteiger partial charge on any atom is 0.186 e. The lowest BCUT2D eigenvalue weighted by molar-refractivity contribution is -0.293. The lowest BCUT2D eigenvalue weighted by atomic mass is 10.00. The van der Waals surface area contributed by atoms with Crippen molar-refractivity contribution >= 4 is 0 Å². The van der Waals surface area contributed by atoms with E-state index in [-0.39, 0.29) is 0 Å². The molecule has 1 fully saturated rings. The molecule has 0 bridgehead atoms. The van der Waals surface area contributed by atoms with Gasteiger partial charge in [0.25, 0.3) is 0 Å². The Morgan fingerprint density at radius 2 is 1.80 bits per heavy atom. The van der Waals surface area contributed by atoms with Gasteiger partial charge in [-0.25, -0.2) is 0 Å². The first-order valence-electron chi connectivity index (χ1n) is 8.67. The summed E-state index contributed by atoms with van der Waals surface area (Å²) in [4.78, 5) is 0. The summed E-state index contributed by atoms with van der Waals surface area (Å²) in [5.74, 6) is 0.824. The van der Waals surface area contributed by atoms with Crippen LogP contribution in [0.5, 0.6) is 5.75 Å². The molecule has 140 valence electrons. The van der Waals surface area contributed by atoms with Crippen LogP contribution in [0.3, 0.4) is 0 Å². The highest BCUT2D eigenvalue weighted by Crippen LogP contribution is 2.22. The van der Waals surface area contributed by atoms with Crippen LogP contribution in [0.4, 0.5) is 0 Å². The Morgan fingerprint density at radius 3 is 2.48 bits per heavy atom. The third kappa shape index (κ3) is 5.80. The molecule has 1 aliphatic heterocycles. The Balaban J connectivity index is 1.65. The van der Waals surface area contributed by atoms with Crippen molar-refractivity contribution in [2.45, 2.75) is 56.9 Å². The molecular weight excluding hydrogens is 324 g/mol. The van der Waals surface area contributed by atoms with Gasteiger partial charge in [-0.15, -0.1) is 0 Å². The third-order valence-electron chi connectivity index (χ3n) is 4.24. The molecule has 6 nitrogen and oxygen atoms in total. The number of hydrogen-bond donors (Lipinski definition) is 3. The summed E-state index contributed by atoms with van der Waals surface area (Å²) in [5, 5.41) is 29.2. The van der Waals surface area contributed by atoms with E-state index in [0.717, 1.165) is 25.0 Å². The second-order valence-corrected chi connectivity index (χ2v) is 6.25. The van der Waals surface area contributed by atoms with Crippen LogP contribution in [0, 0.1) is 0 Å². The first-order chi connectivity index (χ1) is 12.0. The summed E-state index contributed by atoms with van der Waals surface area (Å²) in [6.07, 6.45) is -0.735. The minimum Gasteiger partial charge on any atom is -0.490 e. The fourth-order valence-corrected chi connectivity index (χ4v) is 2.69. The number of ether oxygens (including phenoxy) is 3. The molecule has 6 heteroatoms. The van der Waals surface area contributed by atoms with Gasteiger partial charge in [0, 0.05) is 6.61 Å². The van der Waals surface area contributed by atoms with Gasteiger partial charge in [0.05, 0.1) is 6.10 Å². The molecule has 1 aliphatic rings. The van der Waals surface area contributed by atoms with Crippen LogP contribution < -0.4 is 4.74 Å². The van der Waals surface area contributed by atoms with Crippen molar-refractivity contribution in [3.8, 4) is 5.75 Å². The highest BCUT2D eigenvalue weighted by atomic mass is 16.7. The Morgan fingerprint density at radius 1 is 1.08 bits per heavy atom. The van der Waals surface area contributed by atoms with Crippen LogP contribution in [-0.4, -0.2) is 59.2 Å². The van der Waals surface area contributed by atoms with Gasteiger partial charge in [0.15, 0.2) is 6.29 Å². The highest BCUT2D eigenvalue weighted by molar-refractivity contribution is 5.27. The Labute approximate surface area is 148 Å². The molecule has 1 saturated heterocycles. The summed E-state index contributed by atoms with van der Waals surface area (Å²) in [6, 6.07) is 7.95. The number of aliphatic hydroxyl groups is 3. The van der Waals surface area contributed by atoms with E-state index < -0.39 is 30.7 Å². The molecule has 1 heterocycles. The van der Waals surface area contributed by atoms with Gasteiger partial charge in [-0.2, -0.15) is 0 Å². The summed E-state index contributed by atoms with van der Waals surface area (Å²) >= 11 is 0. The van der Waals surface area contributed by atoms with Crippen LogP contribution in [0.2, 0.25) is 0 Å². The molecular formula is C19H28O6. The largest absolute Gasteiger partial charge is 0.490 e. The number of aryl methyl sites for hydroxylation is 1. The van der Waals surface area contributed by atoms with Crippen molar-refractivity contribution < 1.29 is 29.5 Å². The summed E-state index contributed by atoms with van der Waals surface area (Å²) in [7, 11) is 0. The third-order valence-corrected chi connectivity index (χ3v) is 4.24. The molecule has 0 radical (unpaired) electrons. The molecule has 2 rings (SSSR count). The minimum absolute atomic E-state index is 0.414. The molecule has 25 heavy (non-hydrogen) atoms. The van der Waals surface area contributed by atoms with Crippen molar-refractivity contribution in [2.75, 3.05) is 13.2 Å². The molecule has 0 aliphatic carbocycles. The van der Waals surface area contributed by atoms with Crippen molar-refractivity contribution in [2.24, 2.45) is 0 Å². The second-order valence-electron chi connectivity index (χ2n) is 6.25. The van der Waals surface area contributed by atoms with Crippen LogP contribution in [-0.2, 0) is 15.9 Å². The second kappa shape index (κ2) is 9.89. The molecule has 5 atom stereocenters. The van der Waals surface area contributed by atoms with Gasteiger partial charge >= 0.3 is 0 Å². The van der Waals surface area contributed by atoms with E-state index in [0.29, 0.717) is 13.2 Å². The zero-order chi connectivity index (χ0) is 18.2. The Hall–Kier alpha value is -1.44. The zero-order valence-electron chi connectivity index (χ0n) is 14.6. The SMILES string of the molecule is C=CCOc1ccc(CCCCOC2OC(C)C(O)C(O)C2O)cc1. The molecule has 5 unspecified atom stereocenters. The first kappa shape index (κ1) is 19.9. The topological polar surface area (TPSA) is 88.4 Å². The quantitative estimate of drug-likeness (QED) is 0.460. The summed E-state index contributed by atoms with van der Waals surface area (Å²) < 4.78 is 16.3. The fraction of sp³-hybridized carbons (Fsp3) is 0.579. The van der Waals surface area contributed by atoms with E-state index in [2.05, 4.69) is 6.58 Å². The molecule has 3 N–H and O–H groups in total. The minimum atomic E-state index is -1.25. The predicted molar refractivity (Wildman–Crippen MR) is 93.4 cm³/mol. The molecule has 1 aromatic carbocycles. The van der Waals surface area contributed by atoms with Gasteiger partial charge in [0.1, 0.15) is 30.7 Å². The van der Waals surface area contributed by atoms with Gasteiger partial charge in [0.2, 0.25) is 0 Å². The van der Waals surface area contributed by atoms with Gasteiger partial charge in [-0.05, 0) is 43.9 Å². The lowest BCUT2D eigenvalue weighted by Crippen LogP contribution is -2.57. The van der Waals surface area contributed by atoms with Gasteiger partial charge in [-0.1, -0.05) is 24.8 Å². The number of aliphatic hydroxyl groups excluding tert-OH is 3. The molecule has 0 saturated carbocycles. The van der Waals surface area contributed by atoms with Crippen molar-refractivity contribution in [1.82, 2.24) is 0 Å². The van der Waals surface area contributed by atoms with Crippen molar-refractivity contribution in [1.29, 1.82) is 0 Å². The van der Waals surface area contributed by atoms with Crippen molar-refractivity contribution in [3.63, 3.8) is 0 Å². The number of unbranched alkanes of at least 4 members (excludes halogenated alkanes) is 1. The fourth-order valence-electron chi connectivity index (χ4n) is 2.69. The molecule has 0 spiro atoms. The smallest absolute Gasteiger partial charge is 0.186 e. The van der Waals surface area contributed by atoms with Crippen LogP contribution in [0.1, 0.15) is 25.3 Å². The molecule has 1 aromatic rings. The van der Waals surface area contributed by atoms with E-state index in [9.17, 15) is 15.3 Å². The lowest BCUT2D eigenvalue weighted by Gasteiger charge is -2.38. The van der Waals surface area contributed by atoms with Crippen LogP contribution in [0.25, 0.3) is 0 Å². The zero-order valence-corrected chi connectivity index (χ0v) is 14.6. The van der Waals surface area contributed by atoms with E-state index in [1.165, 1.54) is 5.56 Å². The average molecular weight is 352 g/mol. The number of benzene rings is 1. The summed E-state index contributed by atoms with van der Waals surface area (Å²) in [5.41, 5.74) is 1.21. The van der Waals surface area contributed by atoms with E-state index >= 15 is 0 Å².